The molecule has 1 aromatic heterocycles. The minimum absolute atomic E-state index is 0.000876. The van der Waals surface area contributed by atoms with Crippen LogP contribution in [0.1, 0.15) is 22.5 Å². The summed E-state index contributed by atoms with van der Waals surface area (Å²) in [4.78, 5) is 15.9. The first-order valence-electron chi connectivity index (χ1n) is 7.73. The van der Waals surface area contributed by atoms with Gasteiger partial charge in [0.2, 0.25) is 0 Å². The number of amides is 1. The number of likely N-dealkylation sites (tertiary alicyclic amines) is 1. The van der Waals surface area contributed by atoms with E-state index >= 15 is 0 Å². The zero-order valence-electron chi connectivity index (χ0n) is 13.0. The van der Waals surface area contributed by atoms with Crippen LogP contribution in [0.25, 0.3) is 10.4 Å². The minimum atomic E-state index is -2.84. The van der Waals surface area contributed by atoms with E-state index in [0.29, 0.717) is 11.4 Å². The van der Waals surface area contributed by atoms with Gasteiger partial charge in [0.25, 0.3) is 5.91 Å². The second-order valence-corrected chi connectivity index (χ2v) is 6.80. The van der Waals surface area contributed by atoms with E-state index in [2.05, 4.69) is 4.74 Å². The summed E-state index contributed by atoms with van der Waals surface area (Å²) in [6.07, 6.45) is 1.88. The van der Waals surface area contributed by atoms with Crippen LogP contribution in [0.5, 0.6) is 5.75 Å². The molecule has 24 heavy (non-hydrogen) atoms. The van der Waals surface area contributed by atoms with Crippen molar-refractivity contribution in [3.63, 3.8) is 0 Å². The SMILES string of the molecule is NC1CCCN(C(=O)c2ccc(-c3ccc(OC(F)F)cc3)s2)C1. The molecule has 0 bridgehead atoms. The number of hydrogen-bond acceptors (Lipinski definition) is 4. The molecule has 0 aliphatic carbocycles. The number of rotatable bonds is 4. The maximum atomic E-state index is 12.5. The third-order valence-corrected chi connectivity index (χ3v) is 5.05. The maximum absolute atomic E-state index is 12.5. The largest absolute Gasteiger partial charge is 0.435 e. The van der Waals surface area contributed by atoms with E-state index in [0.717, 1.165) is 29.8 Å². The highest BCUT2D eigenvalue weighted by molar-refractivity contribution is 7.17. The van der Waals surface area contributed by atoms with Gasteiger partial charge in [-0.3, -0.25) is 4.79 Å². The summed E-state index contributed by atoms with van der Waals surface area (Å²) in [7, 11) is 0. The van der Waals surface area contributed by atoms with Gasteiger partial charge >= 0.3 is 6.61 Å². The number of benzene rings is 1. The first-order chi connectivity index (χ1) is 11.5. The van der Waals surface area contributed by atoms with Gasteiger partial charge in [-0.2, -0.15) is 8.78 Å². The van der Waals surface area contributed by atoms with E-state index in [9.17, 15) is 13.6 Å². The van der Waals surface area contributed by atoms with Gasteiger partial charge in [0.1, 0.15) is 5.75 Å². The van der Waals surface area contributed by atoms with E-state index < -0.39 is 6.61 Å². The van der Waals surface area contributed by atoms with E-state index in [4.69, 9.17) is 5.73 Å². The summed E-state index contributed by atoms with van der Waals surface area (Å²) < 4.78 is 28.7. The molecule has 1 saturated heterocycles. The highest BCUT2D eigenvalue weighted by Crippen LogP contribution is 2.30. The number of carbonyl (C=O) groups is 1. The number of nitrogens with two attached hydrogens (primary N) is 1. The Morgan fingerprint density at radius 3 is 2.67 bits per heavy atom. The Morgan fingerprint density at radius 1 is 1.25 bits per heavy atom. The number of carbonyl (C=O) groups excluding carboxylic acids is 1. The lowest BCUT2D eigenvalue weighted by Crippen LogP contribution is -2.45. The molecule has 1 aromatic carbocycles. The molecule has 4 nitrogen and oxygen atoms in total. The molecule has 0 saturated carbocycles. The van der Waals surface area contributed by atoms with Crippen LogP contribution in [0.15, 0.2) is 36.4 Å². The smallest absolute Gasteiger partial charge is 0.387 e. The van der Waals surface area contributed by atoms with Crippen LogP contribution in [0.4, 0.5) is 8.78 Å². The van der Waals surface area contributed by atoms with Crippen molar-refractivity contribution >= 4 is 17.2 Å². The number of ether oxygens (including phenoxy) is 1. The topological polar surface area (TPSA) is 55.6 Å². The molecule has 1 fully saturated rings. The van der Waals surface area contributed by atoms with Gasteiger partial charge in [-0.15, -0.1) is 11.3 Å². The molecule has 1 atom stereocenters. The molecule has 1 amide bonds. The summed E-state index contributed by atoms with van der Waals surface area (Å²) in [5.74, 6) is 0.114. The summed E-state index contributed by atoms with van der Waals surface area (Å²) in [6.45, 7) is -1.51. The van der Waals surface area contributed by atoms with Crippen molar-refractivity contribution in [2.45, 2.75) is 25.5 Å². The second kappa shape index (κ2) is 7.27. The Bertz CT molecular complexity index is 703. The lowest BCUT2D eigenvalue weighted by molar-refractivity contribution is -0.0498. The molecule has 0 radical (unpaired) electrons. The fourth-order valence-electron chi connectivity index (χ4n) is 2.76. The Morgan fingerprint density at radius 2 is 2.00 bits per heavy atom. The highest BCUT2D eigenvalue weighted by Gasteiger charge is 2.23. The highest BCUT2D eigenvalue weighted by atomic mass is 32.1. The zero-order chi connectivity index (χ0) is 17.1. The molecule has 2 aromatic rings. The van der Waals surface area contributed by atoms with E-state index in [1.165, 1.54) is 23.5 Å². The summed E-state index contributed by atoms with van der Waals surface area (Å²) in [5.41, 5.74) is 6.79. The van der Waals surface area contributed by atoms with Crippen LogP contribution in [0, 0.1) is 0 Å². The number of nitrogens with zero attached hydrogens (tertiary/aromatic N) is 1. The monoisotopic (exact) mass is 352 g/mol. The minimum Gasteiger partial charge on any atom is -0.435 e. The number of halogens is 2. The van der Waals surface area contributed by atoms with Crippen LogP contribution in [0.3, 0.4) is 0 Å². The van der Waals surface area contributed by atoms with Gasteiger partial charge in [-0.1, -0.05) is 0 Å². The zero-order valence-corrected chi connectivity index (χ0v) is 13.8. The number of alkyl halides is 2. The number of piperidine rings is 1. The van der Waals surface area contributed by atoms with Crippen molar-refractivity contribution in [1.29, 1.82) is 0 Å². The van der Waals surface area contributed by atoms with Crippen LogP contribution >= 0.6 is 11.3 Å². The van der Waals surface area contributed by atoms with Crippen molar-refractivity contribution in [3.8, 4) is 16.2 Å². The van der Waals surface area contributed by atoms with Crippen LogP contribution in [-0.4, -0.2) is 36.5 Å². The molecule has 2 N–H and O–H groups in total. The Hall–Kier alpha value is -1.99. The fraction of sp³-hybridized carbons (Fsp3) is 0.353. The van der Waals surface area contributed by atoms with Gasteiger partial charge in [0.15, 0.2) is 0 Å². The number of thiophene rings is 1. The summed E-state index contributed by atoms with van der Waals surface area (Å²) >= 11 is 1.39. The molecular formula is C17H18F2N2O2S. The van der Waals surface area contributed by atoms with E-state index in [1.54, 1.807) is 23.1 Å². The molecule has 1 aliphatic heterocycles. The van der Waals surface area contributed by atoms with Crippen LogP contribution < -0.4 is 10.5 Å². The first kappa shape index (κ1) is 16.9. The van der Waals surface area contributed by atoms with E-state index in [1.807, 2.05) is 6.07 Å². The van der Waals surface area contributed by atoms with Crippen molar-refractivity contribution in [2.75, 3.05) is 13.1 Å². The quantitative estimate of drug-likeness (QED) is 0.915. The molecule has 1 aliphatic rings. The van der Waals surface area contributed by atoms with Gasteiger partial charge in [-0.05, 0) is 54.8 Å². The van der Waals surface area contributed by atoms with Crippen LogP contribution in [0.2, 0.25) is 0 Å². The molecule has 1 unspecified atom stereocenters. The van der Waals surface area contributed by atoms with Crippen molar-refractivity contribution in [2.24, 2.45) is 5.73 Å². The molecule has 3 rings (SSSR count). The first-order valence-corrected chi connectivity index (χ1v) is 8.54. The van der Waals surface area contributed by atoms with Gasteiger partial charge in [-0.25, -0.2) is 0 Å². The molecule has 0 spiro atoms. The van der Waals surface area contributed by atoms with E-state index in [-0.39, 0.29) is 17.7 Å². The molecule has 128 valence electrons. The third-order valence-electron chi connectivity index (χ3n) is 3.93. The van der Waals surface area contributed by atoms with Gasteiger partial charge in [0.05, 0.1) is 4.88 Å². The third kappa shape index (κ3) is 3.91. The normalized spacial score (nSPS) is 18.0. The number of hydrogen-bond donors (Lipinski definition) is 1. The molecular weight excluding hydrogens is 334 g/mol. The molecule has 2 heterocycles. The standard InChI is InChI=1S/C17H18F2N2O2S/c18-17(19)23-13-5-3-11(4-6-13)14-7-8-15(24-14)16(22)21-9-1-2-12(20)10-21/h3-8,12,17H,1-2,9-10,20H2. The lowest BCUT2D eigenvalue weighted by Gasteiger charge is -2.30. The van der Waals surface area contributed by atoms with Crippen molar-refractivity contribution < 1.29 is 18.3 Å². The lowest BCUT2D eigenvalue weighted by atomic mass is 10.1. The van der Waals surface area contributed by atoms with Crippen molar-refractivity contribution in [1.82, 2.24) is 4.90 Å². The van der Waals surface area contributed by atoms with Gasteiger partial charge < -0.3 is 15.4 Å². The Kier molecular flexibility index (Phi) is 5.11. The Labute approximate surface area is 142 Å². The average Bonchev–Trinajstić information content (AvgIpc) is 3.04. The van der Waals surface area contributed by atoms with Crippen LogP contribution in [-0.2, 0) is 0 Å². The second-order valence-electron chi connectivity index (χ2n) is 5.72. The summed E-state index contributed by atoms with van der Waals surface area (Å²) in [5, 5.41) is 0. The average molecular weight is 352 g/mol. The van der Waals surface area contributed by atoms with Crippen molar-refractivity contribution in [3.05, 3.63) is 41.3 Å². The maximum Gasteiger partial charge on any atom is 0.387 e. The molecule has 7 heteroatoms. The predicted octanol–water partition coefficient (Wildman–Crippen LogP) is 3.58. The Balaban J connectivity index is 1.71. The fourth-order valence-corrected chi connectivity index (χ4v) is 3.74. The van der Waals surface area contributed by atoms with Gasteiger partial charge in [0, 0.05) is 24.0 Å². The summed E-state index contributed by atoms with van der Waals surface area (Å²) in [6, 6.07) is 10.1. The predicted molar refractivity (Wildman–Crippen MR) is 89.5 cm³/mol.